The summed E-state index contributed by atoms with van der Waals surface area (Å²) in [6, 6.07) is 0. The molecule has 0 bridgehead atoms. The van der Waals surface area contributed by atoms with Gasteiger partial charge >= 0.3 is 9.28 Å². The predicted octanol–water partition coefficient (Wildman–Crippen LogP) is 3.87. The first-order valence-corrected chi connectivity index (χ1v) is 7.97. The molecule has 1 radical (unpaired) electrons. The van der Waals surface area contributed by atoms with Crippen LogP contribution in [0.1, 0.15) is 48.0 Å². The molecule has 0 aromatic heterocycles. The van der Waals surface area contributed by atoms with E-state index in [0.717, 1.165) is 11.8 Å². The van der Waals surface area contributed by atoms with Gasteiger partial charge in [0.2, 0.25) is 0 Å². The van der Waals surface area contributed by atoms with Crippen molar-refractivity contribution in [1.29, 1.82) is 0 Å². The molecule has 0 heterocycles. The van der Waals surface area contributed by atoms with Gasteiger partial charge in [0, 0.05) is 19.8 Å². The molecule has 3 atom stereocenters. The Morgan fingerprint density at radius 3 is 1.65 bits per heavy atom. The lowest BCUT2D eigenvalue weighted by Crippen LogP contribution is -2.53. The van der Waals surface area contributed by atoms with Crippen molar-refractivity contribution in [2.24, 2.45) is 22.7 Å². The summed E-state index contributed by atoms with van der Waals surface area (Å²) in [6.45, 7) is 14.1. The fourth-order valence-corrected chi connectivity index (χ4v) is 5.62. The first-order chi connectivity index (χ1) is 7.62. The first kappa shape index (κ1) is 15.2. The average Bonchev–Trinajstić information content (AvgIpc) is 2.05. The van der Waals surface area contributed by atoms with E-state index in [2.05, 4.69) is 41.5 Å². The van der Waals surface area contributed by atoms with E-state index in [1.165, 1.54) is 6.42 Å². The third-order valence-electron chi connectivity index (χ3n) is 4.19. The van der Waals surface area contributed by atoms with Gasteiger partial charge in [-0.25, -0.2) is 0 Å². The third-order valence-corrected chi connectivity index (χ3v) is 6.20. The molecule has 0 spiro atoms. The molecular formula is C14H29O2Si. The van der Waals surface area contributed by atoms with Gasteiger partial charge in [-0.15, -0.1) is 0 Å². The van der Waals surface area contributed by atoms with Crippen molar-refractivity contribution in [1.82, 2.24) is 0 Å². The minimum Gasteiger partial charge on any atom is -0.397 e. The first-order valence-electron chi connectivity index (χ1n) is 6.57. The molecule has 2 nitrogen and oxygen atoms in total. The van der Waals surface area contributed by atoms with Crippen LogP contribution in [0.15, 0.2) is 0 Å². The van der Waals surface area contributed by atoms with Crippen LogP contribution in [0, 0.1) is 22.7 Å². The highest BCUT2D eigenvalue weighted by Gasteiger charge is 2.55. The van der Waals surface area contributed by atoms with Gasteiger partial charge in [-0.1, -0.05) is 41.5 Å². The molecule has 3 unspecified atom stereocenters. The smallest absolute Gasteiger partial charge is 0.387 e. The lowest BCUT2D eigenvalue weighted by molar-refractivity contribution is -0.0288. The van der Waals surface area contributed by atoms with Crippen LogP contribution >= 0.6 is 0 Å². The summed E-state index contributed by atoms with van der Waals surface area (Å²) in [7, 11) is 2.50. The average molecular weight is 257 g/mol. The Balaban J connectivity index is 2.85. The van der Waals surface area contributed by atoms with E-state index in [1.54, 1.807) is 14.2 Å². The maximum Gasteiger partial charge on any atom is 0.387 e. The van der Waals surface area contributed by atoms with E-state index in [0.29, 0.717) is 16.4 Å². The van der Waals surface area contributed by atoms with Crippen molar-refractivity contribution in [3.63, 3.8) is 0 Å². The summed E-state index contributed by atoms with van der Waals surface area (Å²) in [6.07, 6.45) is 1.27. The summed E-state index contributed by atoms with van der Waals surface area (Å²) in [5.41, 5.74) is 1.37. The van der Waals surface area contributed by atoms with Gasteiger partial charge in [0.15, 0.2) is 0 Å². The number of rotatable bonds is 3. The SMILES string of the molecule is CO[Si](OC)C1CC(C(C)(C)C)C1C(C)(C)C. The van der Waals surface area contributed by atoms with E-state index in [1.807, 2.05) is 0 Å². The molecule has 0 aromatic carbocycles. The van der Waals surface area contributed by atoms with E-state index in [-0.39, 0.29) is 0 Å². The van der Waals surface area contributed by atoms with Crippen LogP contribution in [0.5, 0.6) is 0 Å². The zero-order valence-electron chi connectivity index (χ0n) is 12.8. The van der Waals surface area contributed by atoms with Crippen molar-refractivity contribution in [2.75, 3.05) is 14.2 Å². The second-order valence-electron chi connectivity index (χ2n) is 7.43. The minimum atomic E-state index is -1.09. The Labute approximate surface area is 109 Å². The highest BCUT2D eigenvalue weighted by atomic mass is 28.3. The summed E-state index contributed by atoms with van der Waals surface area (Å²) < 4.78 is 11.1. The molecule has 0 N–H and O–H groups in total. The molecule has 0 amide bonds. The summed E-state index contributed by atoms with van der Waals surface area (Å²) >= 11 is 0. The zero-order valence-corrected chi connectivity index (χ0v) is 13.8. The maximum absolute atomic E-state index is 5.57. The van der Waals surface area contributed by atoms with E-state index >= 15 is 0 Å². The van der Waals surface area contributed by atoms with Gasteiger partial charge in [0.25, 0.3) is 0 Å². The van der Waals surface area contributed by atoms with Crippen molar-refractivity contribution in [2.45, 2.75) is 53.5 Å². The van der Waals surface area contributed by atoms with Gasteiger partial charge in [-0.05, 0) is 29.1 Å². The van der Waals surface area contributed by atoms with Crippen LogP contribution in [-0.2, 0) is 8.85 Å². The normalized spacial score (nSPS) is 30.5. The molecule has 101 valence electrons. The third kappa shape index (κ3) is 3.12. The largest absolute Gasteiger partial charge is 0.397 e. The predicted molar refractivity (Wildman–Crippen MR) is 74.0 cm³/mol. The van der Waals surface area contributed by atoms with E-state index < -0.39 is 9.28 Å². The van der Waals surface area contributed by atoms with Gasteiger partial charge in [-0.3, -0.25) is 0 Å². The summed E-state index contributed by atoms with van der Waals surface area (Å²) in [5, 5.41) is 0. The fraction of sp³-hybridized carbons (Fsp3) is 1.00. The molecule has 0 saturated heterocycles. The van der Waals surface area contributed by atoms with Crippen LogP contribution in [-0.4, -0.2) is 23.5 Å². The van der Waals surface area contributed by atoms with Crippen molar-refractivity contribution in [3.8, 4) is 0 Å². The Bertz CT molecular complexity index is 248. The zero-order chi connectivity index (χ0) is 13.4. The highest BCUT2D eigenvalue weighted by molar-refractivity contribution is 6.46. The second kappa shape index (κ2) is 5.02. The van der Waals surface area contributed by atoms with Crippen LogP contribution < -0.4 is 0 Å². The summed E-state index contributed by atoms with van der Waals surface area (Å²) in [5.74, 6) is 1.51. The lowest BCUT2D eigenvalue weighted by atomic mass is 9.53. The standard InChI is InChI=1S/C14H29O2Si/c1-13(2,3)10-9-11(17(15-7)16-8)12(10)14(4,5)6/h10-12H,9H2,1-8H3. The molecule has 0 aliphatic heterocycles. The Morgan fingerprint density at radius 2 is 1.35 bits per heavy atom. The highest BCUT2D eigenvalue weighted by Crippen LogP contribution is 2.60. The van der Waals surface area contributed by atoms with Gasteiger partial charge in [-0.2, -0.15) is 0 Å². The molecule has 1 rings (SSSR count). The van der Waals surface area contributed by atoms with Crippen molar-refractivity contribution >= 4 is 9.28 Å². The van der Waals surface area contributed by atoms with Crippen LogP contribution in [0.4, 0.5) is 0 Å². The van der Waals surface area contributed by atoms with Crippen LogP contribution in [0.25, 0.3) is 0 Å². The lowest BCUT2D eigenvalue weighted by Gasteiger charge is -2.57. The van der Waals surface area contributed by atoms with Gasteiger partial charge in [0.05, 0.1) is 0 Å². The topological polar surface area (TPSA) is 18.5 Å². The fourth-order valence-electron chi connectivity index (χ4n) is 3.38. The summed E-state index contributed by atoms with van der Waals surface area (Å²) in [4.78, 5) is 0. The van der Waals surface area contributed by atoms with Crippen molar-refractivity contribution in [3.05, 3.63) is 0 Å². The van der Waals surface area contributed by atoms with E-state index in [4.69, 9.17) is 8.85 Å². The van der Waals surface area contributed by atoms with E-state index in [9.17, 15) is 0 Å². The Kier molecular flexibility index (Phi) is 4.49. The van der Waals surface area contributed by atoms with Crippen molar-refractivity contribution < 1.29 is 8.85 Å². The second-order valence-corrected chi connectivity index (χ2v) is 9.63. The Hall–Kier alpha value is 0.137. The quantitative estimate of drug-likeness (QED) is 0.715. The number of hydrogen-bond donors (Lipinski definition) is 0. The molecule has 0 aromatic rings. The number of hydrogen-bond acceptors (Lipinski definition) is 2. The monoisotopic (exact) mass is 257 g/mol. The maximum atomic E-state index is 5.57. The minimum absolute atomic E-state index is 0.341. The molecular weight excluding hydrogens is 228 g/mol. The molecule has 1 aliphatic carbocycles. The van der Waals surface area contributed by atoms with Gasteiger partial charge in [0.1, 0.15) is 0 Å². The van der Waals surface area contributed by atoms with Gasteiger partial charge < -0.3 is 8.85 Å². The molecule has 1 saturated carbocycles. The Morgan fingerprint density at radius 1 is 0.882 bits per heavy atom. The molecule has 3 heteroatoms. The molecule has 17 heavy (non-hydrogen) atoms. The van der Waals surface area contributed by atoms with Crippen LogP contribution in [0.2, 0.25) is 5.54 Å². The molecule has 1 fully saturated rings. The molecule has 1 aliphatic rings. The van der Waals surface area contributed by atoms with Crippen LogP contribution in [0.3, 0.4) is 0 Å².